The maximum Gasteiger partial charge on any atom is 0.254 e. The lowest BCUT2D eigenvalue weighted by Gasteiger charge is -2.26. The van der Waals surface area contributed by atoms with Crippen molar-refractivity contribution in [1.29, 1.82) is 0 Å². The second-order valence-corrected chi connectivity index (χ2v) is 7.01. The van der Waals surface area contributed by atoms with E-state index in [1.165, 1.54) is 0 Å². The molecule has 1 aliphatic heterocycles. The van der Waals surface area contributed by atoms with Crippen LogP contribution in [0.5, 0.6) is 0 Å². The molecule has 0 saturated carbocycles. The van der Waals surface area contributed by atoms with E-state index in [1.54, 1.807) is 28.6 Å². The van der Waals surface area contributed by atoms with Gasteiger partial charge in [-0.1, -0.05) is 32.4 Å². The maximum atomic E-state index is 13.0. The minimum atomic E-state index is -0.532. The maximum absolute atomic E-state index is 13.0. The smallest absolute Gasteiger partial charge is 0.254 e. The van der Waals surface area contributed by atoms with Crippen LogP contribution in [0.25, 0.3) is 0 Å². The predicted octanol–water partition coefficient (Wildman–Crippen LogP) is 2.24. The Morgan fingerprint density at radius 2 is 1.96 bits per heavy atom. The number of nitrogens with zero attached hydrogens (tertiary/aromatic N) is 1. The first-order valence-corrected chi connectivity index (χ1v) is 9.08. The van der Waals surface area contributed by atoms with Crippen LogP contribution in [0.1, 0.15) is 56.3 Å². The number of hydrogen-bond donors (Lipinski definition) is 3. The molecule has 7 heteroatoms. The summed E-state index contributed by atoms with van der Waals surface area (Å²) in [5.74, 6) is -0.441. The third-order valence-electron chi connectivity index (χ3n) is 4.43. The minimum Gasteiger partial charge on any atom is -0.340 e. The van der Waals surface area contributed by atoms with Crippen LogP contribution in [-0.2, 0) is 9.59 Å². The predicted molar refractivity (Wildman–Crippen MR) is 97.9 cm³/mol. The number of fused-ring (bicyclic) bond motifs is 1. The highest BCUT2D eigenvalue weighted by molar-refractivity contribution is 6.10. The Bertz CT molecular complexity index is 660. The fourth-order valence-electron chi connectivity index (χ4n) is 3.16. The van der Waals surface area contributed by atoms with Crippen molar-refractivity contribution in [3.05, 3.63) is 29.8 Å². The average molecular weight is 361 g/mol. The van der Waals surface area contributed by atoms with Crippen LogP contribution in [0.4, 0.5) is 5.69 Å². The molecule has 142 valence electrons. The molecule has 1 aromatic carbocycles. The Hall–Kier alpha value is -2.41. The zero-order valence-corrected chi connectivity index (χ0v) is 15.3. The van der Waals surface area contributed by atoms with Crippen molar-refractivity contribution in [2.24, 2.45) is 5.92 Å². The molecule has 0 fully saturated rings. The summed E-state index contributed by atoms with van der Waals surface area (Å²) in [6.45, 7) is 4.53. The molecule has 3 amide bonds. The molecule has 2 rings (SSSR count). The van der Waals surface area contributed by atoms with E-state index in [2.05, 4.69) is 5.32 Å². The molecule has 3 N–H and O–H groups in total. The Labute approximate surface area is 153 Å². The minimum absolute atomic E-state index is 0.0925. The molecule has 0 saturated heterocycles. The van der Waals surface area contributed by atoms with Crippen molar-refractivity contribution in [3.8, 4) is 0 Å². The third-order valence-corrected chi connectivity index (χ3v) is 4.43. The van der Waals surface area contributed by atoms with Gasteiger partial charge in [-0.2, -0.15) is 0 Å². The average Bonchev–Trinajstić information content (AvgIpc) is 2.71. The summed E-state index contributed by atoms with van der Waals surface area (Å²) in [7, 11) is 0. The second-order valence-electron chi connectivity index (χ2n) is 7.01. The summed E-state index contributed by atoms with van der Waals surface area (Å²) in [5, 5.41) is 11.4. The van der Waals surface area contributed by atoms with Crippen LogP contribution in [0.2, 0.25) is 0 Å². The fourth-order valence-corrected chi connectivity index (χ4v) is 3.16. The number of benzene rings is 1. The van der Waals surface area contributed by atoms with Crippen LogP contribution in [0, 0.1) is 5.92 Å². The molecule has 26 heavy (non-hydrogen) atoms. The number of hydroxylamine groups is 1. The standard InChI is InChI=1S/C19H27N3O4/c1-13(2)12-15-19(25)22(11-7-3-4-10-17(23)21-26)16-9-6-5-8-14(16)18(24)20-15/h5-6,8-9,13,15,26H,3-4,7,10-12H2,1-2H3,(H,20,24)(H,21,23). The monoisotopic (exact) mass is 361 g/mol. The number of para-hydroxylation sites is 1. The Kier molecular flexibility index (Phi) is 7.15. The van der Waals surface area contributed by atoms with Crippen molar-refractivity contribution in [1.82, 2.24) is 10.8 Å². The van der Waals surface area contributed by atoms with E-state index >= 15 is 0 Å². The van der Waals surface area contributed by atoms with E-state index in [-0.39, 0.29) is 24.2 Å². The molecule has 1 atom stereocenters. The van der Waals surface area contributed by atoms with Crippen LogP contribution >= 0.6 is 0 Å². The van der Waals surface area contributed by atoms with Gasteiger partial charge in [-0.3, -0.25) is 19.6 Å². The number of nitrogens with one attached hydrogen (secondary N) is 2. The molecule has 1 aromatic rings. The molecule has 0 aromatic heterocycles. The van der Waals surface area contributed by atoms with Crippen molar-refractivity contribution in [2.75, 3.05) is 11.4 Å². The highest BCUT2D eigenvalue weighted by atomic mass is 16.5. The van der Waals surface area contributed by atoms with E-state index < -0.39 is 11.9 Å². The number of anilines is 1. The first-order valence-electron chi connectivity index (χ1n) is 9.08. The lowest BCUT2D eigenvalue weighted by molar-refractivity contribution is -0.129. The van der Waals surface area contributed by atoms with Crippen molar-refractivity contribution in [3.63, 3.8) is 0 Å². The van der Waals surface area contributed by atoms with Gasteiger partial charge >= 0.3 is 0 Å². The number of hydrogen-bond acceptors (Lipinski definition) is 4. The SMILES string of the molecule is CC(C)CC1NC(=O)c2ccccc2N(CCCCCC(=O)NO)C1=O. The van der Waals surface area contributed by atoms with E-state index in [9.17, 15) is 14.4 Å². The number of unbranched alkanes of at least 4 members (excludes halogenated alkanes) is 2. The molecule has 0 aliphatic carbocycles. The van der Waals surface area contributed by atoms with Gasteiger partial charge in [0.1, 0.15) is 6.04 Å². The largest absolute Gasteiger partial charge is 0.340 e. The summed E-state index contributed by atoms with van der Waals surface area (Å²) >= 11 is 0. The van der Waals surface area contributed by atoms with E-state index in [0.29, 0.717) is 37.1 Å². The molecule has 1 unspecified atom stereocenters. The second kappa shape index (κ2) is 9.33. The lowest BCUT2D eigenvalue weighted by atomic mass is 10.0. The summed E-state index contributed by atoms with van der Waals surface area (Å²) in [5.41, 5.74) is 2.75. The summed E-state index contributed by atoms with van der Waals surface area (Å²) < 4.78 is 0. The van der Waals surface area contributed by atoms with Crippen LogP contribution in [-0.4, -0.2) is 35.5 Å². The first-order chi connectivity index (χ1) is 12.4. The normalized spacial score (nSPS) is 16.9. The molecule has 0 radical (unpaired) electrons. The first kappa shape index (κ1) is 19.9. The Balaban J connectivity index is 2.11. The number of carbonyl (C=O) groups excluding carboxylic acids is 3. The van der Waals surface area contributed by atoms with Gasteiger partial charge in [0.2, 0.25) is 11.8 Å². The summed E-state index contributed by atoms with van der Waals surface area (Å²) in [6.07, 6.45) is 2.92. The zero-order chi connectivity index (χ0) is 19.1. The van der Waals surface area contributed by atoms with Crippen LogP contribution in [0.3, 0.4) is 0 Å². The van der Waals surface area contributed by atoms with E-state index in [4.69, 9.17) is 5.21 Å². The topological polar surface area (TPSA) is 98.7 Å². The number of carbonyl (C=O) groups is 3. The van der Waals surface area contributed by atoms with E-state index in [1.807, 2.05) is 19.9 Å². The molecule has 0 bridgehead atoms. The molecular weight excluding hydrogens is 334 g/mol. The van der Waals surface area contributed by atoms with Gasteiger partial charge in [-0.15, -0.1) is 0 Å². The molecule has 7 nitrogen and oxygen atoms in total. The fraction of sp³-hybridized carbons (Fsp3) is 0.526. The number of rotatable bonds is 8. The highest BCUT2D eigenvalue weighted by Crippen LogP contribution is 2.26. The van der Waals surface area contributed by atoms with Crippen molar-refractivity contribution >= 4 is 23.4 Å². The van der Waals surface area contributed by atoms with Gasteiger partial charge in [-0.05, 0) is 37.3 Å². The summed E-state index contributed by atoms with van der Waals surface area (Å²) in [4.78, 5) is 38.3. The van der Waals surface area contributed by atoms with Crippen molar-refractivity contribution < 1.29 is 19.6 Å². The van der Waals surface area contributed by atoms with Gasteiger partial charge in [0, 0.05) is 13.0 Å². The van der Waals surface area contributed by atoms with Crippen molar-refractivity contribution in [2.45, 2.75) is 52.0 Å². The van der Waals surface area contributed by atoms with Crippen LogP contribution in [0.15, 0.2) is 24.3 Å². The number of amides is 3. The lowest BCUT2D eigenvalue weighted by Crippen LogP contribution is -2.46. The van der Waals surface area contributed by atoms with Gasteiger partial charge < -0.3 is 10.2 Å². The van der Waals surface area contributed by atoms with Gasteiger partial charge in [0.15, 0.2) is 0 Å². The Morgan fingerprint density at radius 1 is 1.23 bits per heavy atom. The zero-order valence-electron chi connectivity index (χ0n) is 15.3. The quantitative estimate of drug-likeness (QED) is 0.376. The molecule has 0 spiro atoms. The van der Waals surface area contributed by atoms with E-state index in [0.717, 1.165) is 6.42 Å². The molecule has 1 aliphatic rings. The van der Waals surface area contributed by atoms with Gasteiger partial charge in [0.05, 0.1) is 11.3 Å². The third kappa shape index (κ3) is 5.05. The Morgan fingerprint density at radius 3 is 2.65 bits per heavy atom. The molecule has 1 heterocycles. The van der Waals surface area contributed by atoms with Gasteiger partial charge in [0.25, 0.3) is 5.91 Å². The summed E-state index contributed by atoms with van der Waals surface area (Å²) in [6, 6.07) is 6.60. The van der Waals surface area contributed by atoms with Gasteiger partial charge in [-0.25, -0.2) is 5.48 Å². The van der Waals surface area contributed by atoms with Crippen LogP contribution < -0.4 is 15.7 Å². The molecular formula is C19H27N3O4. The highest BCUT2D eigenvalue weighted by Gasteiger charge is 2.33.